The molecular formula is C11H12Cl4O. The molecule has 3 atom stereocenters. The summed E-state index contributed by atoms with van der Waals surface area (Å²) in [4.78, 5) is -1.22. The minimum absolute atomic E-state index is 0.113. The summed E-state index contributed by atoms with van der Waals surface area (Å²) in [5, 5.41) is 0.995. The topological polar surface area (TPSA) is 9.23 Å². The second kappa shape index (κ2) is 4.37. The van der Waals surface area contributed by atoms with Crippen LogP contribution in [0.2, 0.25) is 0 Å². The van der Waals surface area contributed by atoms with Crippen LogP contribution in [0.3, 0.4) is 0 Å². The van der Waals surface area contributed by atoms with Crippen LogP contribution >= 0.6 is 46.4 Å². The molecule has 0 spiro atoms. The molecule has 0 aromatic rings. The lowest BCUT2D eigenvalue weighted by molar-refractivity contribution is 0.116. The maximum absolute atomic E-state index is 6.51. The maximum atomic E-state index is 6.51. The Bertz CT molecular complexity index is 354. The van der Waals surface area contributed by atoms with Crippen molar-refractivity contribution in [2.45, 2.75) is 22.6 Å². The van der Waals surface area contributed by atoms with Gasteiger partial charge in [0, 0.05) is 5.92 Å². The molecule has 1 nitrogen and oxygen atoms in total. The molecule has 2 rings (SSSR count). The Morgan fingerprint density at radius 1 is 1.38 bits per heavy atom. The van der Waals surface area contributed by atoms with Gasteiger partial charge in [0.1, 0.15) is 0 Å². The first-order valence-corrected chi connectivity index (χ1v) is 6.58. The molecule has 0 amide bonds. The molecule has 16 heavy (non-hydrogen) atoms. The fourth-order valence-corrected chi connectivity index (χ4v) is 4.30. The zero-order chi connectivity index (χ0) is 12.0. The van der Waals surface area contributed by atoms with Crippen molar-refractivity contribution in [2.75, 3.05) is 13.2 Å². The third kappa shape index (κ3) is 1.81. The number of ether oxygens (including phenoxy) is 1. The smallest absolute Gasteiger partial charge is 0.0884 e. The van der Waals surface area contributed by atoms with Crippen LogP contribution < -0.4 is 0 Å². The maximum Gasteiger partial charge on any atom is 0.0884 e. The third-order valence-electron chi connectivity index (χ3n) is 3.26. The number of rotatable bonds is 4. The van der Waals surface area contributed by atoms with Gasteiger partial charge in [-0.2, -0.15) is 0 Å². The molecule has 1 saturated carbocycles. The number of halogens is 4. The summed E-state index contributed by atoms with van der Waals surface area (Å²) in [6, 6.07) is 0. The average molecular weight is 302 g/mol. The average Bonchev–Trinajstić information content (AvgIpc) is 2.58. The minimum Gasteiger partial charge on any atom is -0.377 e. The Labute approximate surface area is 115 Å². The predicted molar refractivity (Wildman–Crippen MR) is 69.6 cm³/mol. The van der Waals surface area contributed by atoms with E-state index in [9.17, 15) is 0 Å². The van der Waals surface area contributed by atoms with Crippen LogP contribution in [-0.4, -0.2) is 23.0 Å². The molecule has 0 heterocycles. The van der Waals surface area contributed by atoms with Gasteiger partial charge in [-0.15, -0.1) is 29.8 Å². The van der Waals surface area contributed by atoms with E-state index in [0.29, 0.717) is 36.1 Å². The number of hydrogen-bond donors (Lipinski definition) is 0. The summed E-state index contributed by atoms with van der Waals surface area (Å²) < 4.78 is 5.43. The summed E-state index contributed by atoms with van der Waals surface area (Å²) in [5.74, 6) is 0.113. The fraction of sp³-hybridized carbons (Fsp3) is 0.636. The summed E-state index contributed by atoms with van der Waals surface area (Å²) in [7, 11) is 0. The summed E-state index contributed by atoms with van der Waals surface area (Å²) in [6.45, 7) is 4.63. The number of alkyl halides is 2. The first-order chi connectivity index (χ1) is 7.44. The van der Waals surface area contributed by atoms with E-state index in [1.54, 1.807) is 6.08 Å². The predicted octanol–water partition coefficient (Wildman–Crippen LogP) is 4.26. The second-order valence-corrected chi connectivity index (χ2v) is 6.51. The molecule has 90 valence electrons. The molecule has 2 aliphatic rings. The van der Waals surface area contributed by atoms with Gasteiger partial charge >= 0.3 is 0 Å². The third-order valence-corrected chi connectivity index (χ3v) is 5.74. The van der Waals surface area contributed by atoms with Crippen LogP contribution in [0.25, 0.3) is 0 Å². The molecule has 0 aromatic carbocycles. The number of allylic oxidation sites excluding steroid dienone is 2. The van der Waals surface area contributed by atoms with E-state index >= 15 is 0 Å². The normalized spacial score (nSPS) is 41.9. The highest BCUT2D eigenvalue weighted by molar-refractivity contribution is 6.50. The van der Waals surface area contributed by atoms with E-state index in [-0.39, 0.29) is 5.92 Å². The standard InChI is InChI=1S/C11H12Cl4O/c1-2-3-16-5-7-4-10(14)6-11(7,15)9(13)8(10)12/h2,7H,1,3-6H2/t7-,10+,11-/m1/s1. The van der Waals surface area contributed by atoms with E-state index in [1.165, 1.54) is 0 Å². The van der Waals surface area contributed by atoms with Crippen molar-refractivity contribution in [3.05, 3.63) is 22.7 Å². The first-order valence-electron chi connectivity index (χ1n) is 5.07. The molecule has 0 N–H and O–H groups in total. The Kier molecular flexibility index (Phi) is 3.56. The van der Waals surface area contributed by atoms with Gasteiger partial charge in [0.05, 0.1) is 33.0 Å². The van der Waals surface area contributed by atoms with Crippen LogP contribution in [0.4, 0.5) is 0 Å². The van der Waals surface area contributed by atoms with Crippen molar-refractivity contribution in [3.8, 4) is 0 Å². The van der Waals surface area contributed by atoms with Crippen molar-refractivity contribution in [3.63, 3.8) is 0 Å². The molecule has 0 saturated heterocycles. The van der Waals surface area contributed by atoms with Crippen molar-refractivity contribution < 1.29 is 4.74 Å². The molecule has 0 aromatic heterocycles. The molecular weight excluding hydrogens is 290 g/mol. The Morgan fingerprint density at radius 2 is 2.06 bits per heavy atom. The molecule has 1 fully saturated rings. The summed E-state index contributed by atoms with van der Waals surface area (Å²) in [5.41, 5.74) is 0. The van der Waals surface area contributed by atoms with Crippen LogP contribution in [-0.2, 0) is 4.74 Å². The van der Waals surface area contributed by atoms with Crippen molar-refractivity contribution in [1.82, 2.24) is 0 Å². The van der Waals surface area contributed by atoms with Crippen LogP contribution in [0.5, 0.6) is 0 Å². The SMILES string of the molecule is C=CCOC[C@H]1C[C@]2(Cl)C[C@]1(Cl)C(Cl)=C2Cl. The highest BCUT2D eigenvalue weighted by atomic mass is 35.5. The van der Waals surface area contributed by atoms with E-state index < -0.39 is 9.75 Å². The number of hydrogen-bond acceptors (Lipinski definition) is 1. The van der Waals surface area contributed by atoms with E-state index in [4.69, 9.17) is 51.1 Å². The van der Waals surface area contributed by atoms with E-state index in [0.717, 1.165) is 0 Å². The molecule has 0 radical (unpaired) electrons. The van der Waals surface area contributed by atoms with Crippen LogP contribution in [0.1, 0.15) is 12.8 Å². The van der Waals surface area contributed by atoms with Gasteiger partial charge in [0.15, 0.2) is 0 Å². The van der Waals surface area contributed by atoms with Crippen molar-refractivity contribution in [1.29, 1.82) is 0 Å². The zero-order valence-electron chi connectivity index (χ0n) is 8.61. The quantitative estimate of drug-likeness (QED) is 0.428. The summed E-state index contributed by atoms with van der Waals surface area (Å²) in [6.07, 6.45) is 3.00. The largest absolute Gasteiger partial charge is 0.377 e. The highest BCUT2D eigenvalue weighted by Gasteiger charge is 2.62. The van der Waals surface area contributed by atoms with Gasteiger partial charge in [0.25, 0.3) is 0 Å². The molecule has 2 bridgehead atoms. The van der Waals surface area contributed by atoms with Gasteiger partial charge in [-0.3, -0.25) is 0 Å². The van der Waals surface area contributed by atoms with Gasteiger partial charge in [-0.05, 0) is 12.8 Å². The monoisotopic (exact) mass is 300 g/mol. The molecule has 0 aliphatic heterocycles. The van der Waals surface area contributed by atoms with Crippen molar-refractivity contribution in [2.24, 2.45) is 5.92 Å². The van der Waals surface area contributed by atoms with Gasteiger partial charge in [0.2, 0.25) is 0 Å². The Morgan fingerprint density at radius 3 is 2.56 bits per heavy atom. The molecule has 2 aliphatic carbocycles. The second-order valence-electron chi connectivity index (χ2n) is 4.36. The molecule has 5 heteroatoms. The lowest BCUT2D eigenvalue weighted by Gasteiger charge is -2.29. The lowest BCUT2D eigenvalue weighted by Crippen LogP contribution is -2.31. The lowest BCUT2D eigenvalue weighted by atomic mass is 9.93. The van der Waals surface area contributed by atoms with E-state index in [1.807, 2.05) is 0 Å². The first kappa shape index (κ1) is 13.0. The van der Waals surface area contributed by atoms with Gasteiger partial charge < -0.3 is 4.74 Å². The van der Waals surface area contributed by atoms with Crippen LogP contribution in [0.15, 0.2) is 22.7 Å². The Balaban J connectivity index is 2.14. The van der Waals surface area contributed by atoms with Gasteiger partial charge in [-0.1, -0.05) is 29.3 Å². The van der Waals surface area contributed by atoms with Crippen molar-refractivity contribution >= 4 is 46.4 Å². The number of fused-ring (bicyclic) bond motifs is 2. The van der Waals surface area contributed by atoms with Crippen LogP contribution in [0, 0.1) is 5.92 Å². The zero-order valence-corrected chi connectivity index (χ0v) is 11.6. The van der Waals surface area contributed by atoms with E-state index in [2.05, 4.69) is 6.58 Å². The fourth-order valence-electron chi connectivity index (χ4n) is 2.46. The molecule has 0 unspecified atom stereocenters. The van der Waals surface area contributed by atoms with Gasteiger partial charge in [-0.25, -0.2) is 0 Å². The minimum atomic E-state index is -0.637. The highest BCUT2D eigenvalue weighted by Crippen LogP contribution is 2.65. The Hall–Kier alpha value is 0.600. The summed E-state index contributed by atoms with van der Waals surface area (Å²) >= 11 is 25.2.